The van der Waals surface area contributed by atoms with Crippen LogP contribution in [-0.2, 0) is 11.3 Å². The summed E-state index contributed by atoms with van der Waals surface area (Å²) in [5.41, 5.74) is 4.39. The average molecular weight is 346 g/mol. The summed E-state index contributed by atoms with van der Waals surface area (Å²) in [4.78, 5) is 27.4. The van der Waals surface area contributed by atoms with E-state index in [1.54, 1.807) is 5.51 Å². The molecule has 0 radical (unpaired) electrons. The standard InChI is InChI=1S/C17H22N4O2S/c1-3-23-9-14-8-18-12(2)20-16(14)13-4-6-21(7-5-13)17(22)15-10-24-11-19-15/h8,10-11,13H,3-7,9H2,1-2H3. The third-order valence-corrected chi connectivity index (χ3v) is 4.89. The fourth-order valence-electron chi connectivity index (χ4n) is 3.03. The van der Waals surface area contributed by atoms with Gasteiger partial charge in [0.05, 0.1) is 17.8 Å². The third-order valence-electron chi connectivity index (χ3n) is 4.30. The Kier molecular flexibility index (Phi) is 5.52. The van der Waals surface area contributed by atoms with Gasteiger partial charge in [0.25, 0.3) is 5.91 Å². The molecule has 0 aromatic carbocycles. The van der Waals surface area contributed by atoms with Crippen molar-refractivity contribution in [1.82, 2.24) is 19.9 Å². The molecule has 1 fully saturated rings. The van der Waals surface area contributed by atoms with Crippen LogP contribution >= 0.6 is 11.3 Å². The molecule has 3 rings (SSSR count). The van der Waals surface area contributed by atoms with Gasteiger partial charge in [-0.1, -0.05) is 0 Å². The number of hydrogen-bond donors (Lipinski definition) is 0. The number of aromatic nitrogens is 3. The van der Waals surface area contributed by atoms with E-state index in [2.05, 4.69) is 15.0 Å². The van der Waals surface area contributed by atoms with Crippen molar-refractivity contribution in [2.24, 2.45) is 0 Å². The Morgan fingerprint density at radius 3 is 2.83 bits per heavy atom. The first kappa shape index (κ1) is 17.0. The first-order valence-corrected chi connectivity index (χ1v) is 9.21. The lowest BCUT2D eigenvalue weighted by molar-refractivity contribution is 0.0705. The molecule has 1 aliphatic heterocycles. The summed E-state index contributed by atoms with van der Waals surface area (Å²) in [6.07, 6.45) is 3.69. The molecule has 0 unspecified atom stereocenters. The molecule has 0 aliphatic carbocycles. The van der Waals surface area contributed by atoms with Crippen LogP contribution < -0.4 is 0 Å². The molecule has 0 saturated carbocycles. The SMILES string of the molecule is CCOCc1cnc(C)nc1C1CCN(C(=O)c2cscn2)CC1. The first-order chi connectivity index (χ1) is 11.7. The molecule has 0 atom stereocenters. The number of hydrogen-bond acceptors (Lipinski definition) is 6. The predicted molar refractivity (Wildman–Crippen MR) is 92.1 cm³/mol. The van der Waals surface area contributed by atoms with Crippen LogP contribution in [-0.4, -0.2) is 45.5 Å². The average Bonchev–Trinajstić information content (AvgIpc) is 3.15. The Balaban J connectivity index is 1.68. The van der Waals surface area contributed by atoms with Crippen molar-refractivity contribution in [3.05, 3.63) is 39.9 Å². The van der Waals surface area contributed by atoms with Crippen LogP contribution in [0.5, 0.6) is 0 Å². The Hall–Kier alpha value is -1.86. The lowest BCUT2D eigenvalue weighted by Gasteiger charge is -2.32. The minimum absolute atomic E-state index is 0.0307. The normalized spacial score (nSPS) is 15.7. The van der Waals surface area contributed by atoms with Crippen molar-refractivity contribution in [2.45, 2.75) is 39.2 Å². The lowest BCUT2D eigenvalue weighted by atomic mass is 9.90. The maximum absolute atomic E-state index is 12.4. The van der Waals surface area contributed by atoms with Gasteiger partial charge in [0, 0.05) is 42.8 Å². The molecular weight excluding hydrogens is 324 g/mol. The number of rotatable bonds is 5. The highest BCUT2D eigenvalue weighted by Crippen LogP contribution is 2.30. The monoisotopic (exact) mass is 346 g/mol. The zero-order valence-electron chi connectivity index (χ0n) is 14.1. The van der Waals surface area contributed by atoms with Gasteiger partial charge in [-0.3, -0.25) is 4.79 Å². The van der Waals surface area contributed by atoms with E-state index in [1.165, 1.54) is 11.3 Å². The molecule has 0 bridgehead atoms. The fourth-order valence-corrected chi connectivity index (χ4v) is 3.55. The topological polar surface area (TPSA) is 68.2 Å². The van der Waals surface area contributed by atoms with Crippen molar-refractivity contribution in [3.8, 4) is 0 Å². The molecule has 1 amide bonds. The smallest absolute Gasteiger partial charge is 0.273 e. The third kappa shape index (κ3) is 3.79. The predicted octanol–water partition coefficient (Wildman–Crippen LogP) is 2.80. The second-order valence-corrected chi connectivity index (χ2v) is 6.62. The van der Waals surface area contributed by atoms with Crippen molar-refractivity contribution in [1.29, 1.82) is 0 Å². The molecule has 3 heterocycles. The van der Waals surface area contributed by atoms with Gasteiger partial charge < -0.3 is 9.64 Å². The highest BCUT2D eigenvalue weighted by atomic mass is 32.1. The summed E-state index contributed by atoms with van der Waals surface area (Å²) in [6, 6.07) is 0. The van der Waals surface area contributed by atoms with Crippen LogP contribution in [0.2, 0.25) is 0 Å². The summed E-state index contributed by atoms with van der Waals surface area (Å²) in [5, 5.41) is 1.81. The van der Waals surface area contributed by atoms with Crippen LogP contribution in [0.1, 0.15) is 53.3 Å². The van der Waals surface area contributed by atoms with E-state index in [0.717, 1.165) is 43.0 Å². The van der Waals surface area contributed by atoms with Gasteiger partial charge in [0.1, 0.15) is 11.5 Å². The molecule has 2 aromatic heterocycles. The van der Waals surface area contributed by atoms with Gasteiger partial charge in [-0.25, -0.2) is 15.0 Å². The molecule has 7 heteroatoms. The van der Waals surface area contributed by atoms with E-state index in [0.29, 0.717) is 24.8 Å². The molecule has 1 aliphatic rings. The summed E-state index contributed by atoms with van der Waals surface area (Å²) < 4.78 is 5.55. The molecule has 2 aromatic rings. The van der Waals surface area contributed by atoms with Crippen LogP contribution in [0.15, 0.2) is 17.1 Å². The van der Waals surface area contributed by atoms with Crippen LogP contribution in [0, 0.1) is 6.92 Å². The number of ether oxygens (including phenoxy) is 1. The summed E-state index contributed by atoms with van der Waals surface area (Å²) >= 11 is 1.45. The number of carbonyl (C=O) groups is 1. The number of likely N-dealkylation sites (tertiary alicyclic amines) is 1. The number of carbonyl (C=O) groups excluding carboxylic acids is 1. The zero-order chi connectivity index (χ0) is 16.9. The van der Waals surface area contributed by atoms with E-state index >= 15 is 0 Å². The Bertz CT molecular complexity index is 682. The first-order valence-electron chi connectivity index (χ1n) is 8.26. The molecule has 0 N–H and O–H groups in total. The highest BCUT2D eigenvalue weighted by molar-refractivity contribution is 7.07. The maximum atomic E-state index is 12.4. The minimum Gasteiger partial charge on any atom is -0.377 e. The van der Waals surface area contributed by atoms with Gasteiger partial charge >= 0.3 is 0 Å². The molecule has 1 saturated heterocycles. The summed E-state index contributed by atoms with van der Waals surface area (Å²) in [7, 11) is 0. The largest absolute Gasteiger partial charge is 0.377 e. The lowest BCUT2D eigenvalue weighted by Crippen LogP contribution is -2.38. The van der Waals surface area contributed by atoms with Crippen LogP contribution in [0.4, 0.5) is 0 Å². The van der Waals surface area contributed by atoms with Gasteiger partial charge in [-0.2, -0.15) is 0 Å². The van der Waals surface area contributed by atoms with E-state index in [-0.39, 0.29) is 5.91 Å². The van der Waals surface area contributed by atoms with E-state index in [1.807, 2.05) is 30.3 Å². The molecule has 128 valence electrons. The van der Waals surface area contributed by atoms with Gasteiger partial charge in [-0.15, -0.1) is 11.3 Å². The Morgan fingerprint density at radius 1 is 1.38 bits per heavy atom. The minimum atomic E-state index is 0.0307. The number of nitrogens with zero attached hydrogens (tertiary/aromatic N) is 4. The van der Waals surface area contributed by atoms with Crippen molar-refractivity contribution in [3.63, 3.8) is 0 Å². The van der Waals surface area contributed by atoms with E-state index in [4.69, 9.17) is 4.74 Å². The number of amides is 1. The maximum Gasteiger partial charge on any atom is 0.273 e. The van der Waals surface area contributed by atoms with Crippen molar-refractivity contribution in [2.75, 3.05) is 19.7 Å². The summed E-state index contributed by atoms with van der Waals surface area (Å²) in [5.74, 6) is 1.16. The Labute approximate surface area is 145 Å². The summed E-state index contributed by atoms with van der Waals surface area (Å²) in [6.45, 7) is 6.58. The highest BCUT2D eigenvalue weighted by Gasteiger charge is 2.27. The van der Waals surface area contributed by atoms with Gasteiger partial charge in [-0.05, 0) is 26.7 Å². The van der Waals surface area contributed by atoms with E-state index < -0.39 is 0 Å². The molecule has 24 heavy (non-hydrogen) atoms. The molecular formula is C17H22N4O2S. The van der Waals surface area contributed by atoms with Crippen LogP contribution in [0.3, 0.4) is 0 Å². The van der Waals surface area contributed by atoms with Gasteiger partial charge in [0.2, 0.25) is 0 Å². The molecule has 0 spiro atoms. The van der Waals surface area contributed by atoms with Crippen molar-refractivity contribution < 1.29 is 9.53 Å². The van der Waals surface area contributed by atoms with E-state index in [9.17, 15) is 4.79 Å². The number of thiazole rings is 1. The second-order valence-electron chi connectivity index (χ2n) is 5.90. The second kappa shape index (κ2) is 7.81. The Morgan fingerprint density at radius 2 is 2.17 bits per heavy atom. The van der Waals surface area contributed by atoms with Crippen LogP contribution in [0.25, 0.3) is 0 Å². The molecule has 6 nitrogen and oxygen atoms in total. The zero-order valence-corrected chi connectivity index (χ0v) is 14.9. The fraction of sp³-hybridized carbons (Fsp3) is 0.529. The number of piperidine rings is 1. The van der Waals surface area contributed by atoms with Gasteiger partial charge in [0.15, 0.2) is 0 Å². The van der Waals surface area contributed by atoms with Crippen molar-refractivity contribution >= 4 is 17.2 Å². The number of aryl methyl sites for hydroxylation is 1. The quantitative estimate of drug-likeness (QED) is 0.833.